The van der Waals surface area contributed by atoms with Crippen molar-refractivity contribution in [1.82, 2.24) is 17.9 Å². The minimum absolute atomic E-state index is 0.00478. The zero-order valence-electron chi connectivity index (χ0n) is 10.5. The van der Waals surface area contributed by atoms with Gasteiger partial charge in [-0.25, -0.2) is 0 Å². The van der Waals surface area contributed by atoms with Crippen molar-refractivity contribution >= 4 is 42.7 Å². The molecule has 0 atom stereocenters. The van der Waals surface area contributed by atoms with E-state index in [0.717, 1.165) is 34.3 Å². The average Bonchev–Trinajstić information content (AvgIpc) is 3.12. The van der Waals surface area contributed by atoms with Gasteiger partial charge >= 0.3 is 121 Å². The number of pyridine rings is 1. The molecule has 4 rings (SSSR count). The van der Waals surface area contributed by atoms with E-state index in [2.05, 4.69) is 29.3 Å². The molecule has 0 saturated carbocycles. The molecule has 5 nitrogen and oxygen atoms in total. The molecule has 3 heterocycles. The summed E-state index contributed by atoms with van der Waals surface area (Å²) in [6.45, 7) is 0.741. The van der Waals surface area contributed by atoms with Crippen molar-refractivity contribution in [3.05, 3.63) is 48.3 Å². The quantitative estimate of drug-likeness (QED) is 0.566. The number of hydrogen-bond donors (Lipinski definition) is 2. The Hall–Kier alpha value is -2.17. The fourth-order valence-electron chi connectivity index (χ4n) is 2.30. The molecular weight excluding hydrogens is 317 g/mol. The van der Waals surface area contributed by atoms with E-state index in [1.807, 2.05) is 30.5 Å². The Bertz CT molecular complexity index is 879. The number of benzene rings is 1. The number of hydrogen-bond acceptors (Lipinski definition) is 4. The molecule has 1 aromatic carbocycles. The molecule has 98 valence electrons. The third kappa shape index (κ3) is 1.90. The third-order valence-corrected chi connectivity index (χ3v) is 4.43. The van der Waals surface area contributed by atoms with Crippen LogP contribution in [0.15, 0.2) is 42.7 Å². The van der Waals surface area contributed by atoms with Crippen LogP contribution in [0.2, 0.25) is 0 Å². The Morgan fingerprint density at radius 3 is 3.15 bits per heavy atom. The van der Waals surface area contributed by atoms with E-state index in [4.69, 9.17) is 0 Å². The number of rotatable bonds is 3. The standard InChI is InChI=1S/C14H11N5Se/c1-4-11(13-12(5-1)18-20-19-13)16-7-9-8-17-14-10(9)3-2-6-15-14/h1-6,8,16H,7H2,(H,15,17). The van der Waals surface area contributed by atoms with E-state index in [9.17, 15) is 0 Å². The molecule has 0 aliphatic carbocycles. The van der Waals surface area contributed by atoms with Crippen molar-refractivity contribution in [1.29, 1.82) is 0 Å². The number of anilines is 1. The Kier molecular flexibility index (Phi) is 2.76. The zero-order chi connectivity index (χ0) is 13.4. The zero-order valence-corrected chi connectivity index (χ0v) is 12.2. The van der Waals surface area contributed by atoms with Gasteiger partial charge in [0.25, 0.3) is 0 Å². The number of H-pyrrole nitrogens is 1. The summed E-state index contributed by atoms with van der Waals surface area (Å²) in [5.74, 6) is 0. The molecule has 0 saturated heterocycles. The molecule has 0 radical (unpaired) electrons. The number of fused-ring (bicyclic) bond motifs is 2. The van der Waals surface area contributed by atoms with Gasteiger partial charge in [0.1, 0.15) is 0 Å². The van der Waals surface area contributed by atoms with Crippen molar-refractivity contribution < 1.29 is 0 Å². The van der Waals surface area contributed by atoms with Gasteiger partial charge < -0.3 is 0 Å². The van der Waals surface area contributed by atoms with Crippen LogP contribution in [0.3, 0.4) is 0 Å². The molecule has 0 spiro atoms. The van der Waals surface area contributed by atoms with Crippen molar-refractivity contribution in [3.63, 3.8) is 0 Å². The van der Waals surface area contributed by atoms with E-state index in [-0.39, 0.29) is 15.0 Å². The van der Waals surface area contributed by atoms with E-state index in [1.54, 1.807) is 6.20 Å². The number of nitrogens with one attached hydrogen (secondary N) is 2. The summed E-state index contributed by atoms with van der Waals surface area (Å²) < 4.78 is 8.87. The second-order valence-electron chi connectivity index (χ2n) is 4.50. The van der Waals surface area contributed by atoms with Gasteiger partial charge in [-0.15, -0.1) is 0 Å². The predicted octanol–water partition coefficient (Wildman–Crippen LogP) is 2.18. The van der Waals surface area contributed by atoms with Crippen LogP contribution in [-0.4, -0.2) is 32.9 Å². The van der Waals surface area contributed by atoms with E-state index < -0.39 is 0 Å². The summed E-state index contributed by atoms with van der Waals surface area (Å²) in [6, 6.07) is 10.1. The Labute approximate surface area is 121 Å². The van der Waals surface area contributed by atoms with Crippen LogP contribution < -0.4 is 5.32 Å². The maximum atomic E-state index is 4.47. The van der Waals surface area contributed by atoms with E-state index in [0.29, 0.717) is 0 Å². The van der Waals surface area contributed by atoms with E-state index >= 15 is 0 Å². The molecule has 0 aliphatic heterocycles. The summed E-state index contributed by atoms with van der Waals surface area (Å²) in [6.07, 6.45) is 3.79. The molecule has 0 amide bonds. The van der Waals surface area contributed by atoms with Gasteiger partial charge in [-0.05, 0) is 0 Å². The van der Waals surface area contributed by atoms with Crippen LogP contribution >= 0.6 is 0 Å². The predicted molar refractivity (Wildman–Crippen MR) is 79.9 cm³/mol. The summed E-state index contributed by atoms with van der Waals surface area (Å²) in [4.78, 5) is 7.49. The van der Waals surface area contributed by atoms with Crippen LogP contribution in [0.25, 0.3) is 22.1 Å². The monoisotopic (exact) mass is 329 g/mol. The molecule has 20 heavy (non-hydrogen) atoms. The Morgan fingerprint density at radius 1 is 1.15 bits per heavy atom. The first-order chi connectivity index (χ1) is 9.92. The van der Waals surface area contributed by atoms with Gasteiger partial charge in [0.15, 0.2) is 0 Å². The molecule has 6 heteroatoms. The van der Waals surface area contributed by atoms with Crippen molar-refractivity contribution in [3.8, 4) is 0 Å². The van der Waals surface area contributed by atoms with Crippen LogP contribution in [0, 0.1) is 0 Å². The molecule has 0 aliphatic rings. The summed E-state index contributed by atoms with van der Waals surface area (Å²) in [7, 11) is 0. The van der Waals surface area contributed by atoms with Crippen LogP contribution in [0.5, 0.6) is 0 Å². The molecular formula is C14H11N5Se. The topological polar surface area (TPSA) is 66.5 Å². The Morgan fingerprint density at radius 2 is 2.15 bits per heavy atom. The van der Waals surface area contributed by atoms with Crippen LogP contribution in [0.4, 0.5) is 5.69 Å². The van der Waals surface area contributed by atoms with Crippen molar-refractivity contribution in [2.75, 3.05) is 5.32 Å². The molecule has 2 N–H and O–H groups in total. The first-order valence-corrected chi connectivity index (χ1v) is 7.81. The van der Waals surface area contributed by atoms with Crippen molar-refractivity contribution in [2.24, 2.45) is 0 Å². The molecule has 0 bridgehead atoms. The summed E-state index contributed by atoms with van der Waals surface area (Å²) in [5.41, 5.74) is 5.15. The first-order valence-electron chi connectivity index (χ1n) is 6.28. The first kappa shape index (κ1) is 11.6. The minimum atomic E-state index is 0.00478. The number of nitrogens with zero attached hydrogens (tertiary/aromatic N) is 3. The normalized spacial score (nSPS) is 11.2. The number of aromatic nitrogens is 4. The van der Waals surface area contributed by atoms with Gasteiger partial charge in [-0.2, -0.15) is 0 Å². The molecule has 4 aromatic rings. The second-order valence-corrected chi connectivity index (χ2v) is 5.61. The Balaban J connectivity index is 1.66. The van der Waals surface area contributed by atoms with Gasteiger partial charge in [0, 0.05) is 0 Å². The van der Waals surface area contributed by atoms with Crippen molar-refractivity contribution in [2.45, 2.75) is 6.54 Å². The van der Waals surface area contributed by atoms with Gasteiger partial charge in [0.2, 0.25) is 0 Å². The van der Waals surface area contributed by atoms with Gasteiger partial charge in [0.05, 0.1) is 0 Å². The average molecular weight is 328 g/mol. The van der Waals surface area contributed by atoms with Crippen LogP contribution in [-0.2, 0) is 6.54 Å². The number of aromatic amines is 1. The summed E-state index contributed by atoms with van der Waals surface area (Å²) >= 11 is 0.00478. The van der Waals surface area contributed by atoms with Gasteiger partial charge in [-0.1, -0.05) is 0 Å². The van der Waals surface area contributed by atoms with Crippen LogP contribution in [0.1, 0.15) is 5.56 Å². The van der Waals surface area contributed by atoms with E-state index in [1.165, 1.54) is 5.56 Å². The second kappa shape index (κ2) is 4.74. The summed E-state index contributed by atoms with van der Waals surface area (Å²) in [5, 5.41) is 4.60. The third-order valence-electron chi connectivity index (χ3n) is 3.29. The molecule has 0 fully saturated rings. The fourth-order valence-corrected chi connectivity index (χ4v) is 3.45. The SMILES string of the molecule is c1cc(NCc2c[nH]c3ncccc23)c2n[se]nc2c1. The molecule has 3 aromatic heterocycles. The van der Waals surface area contributed by atoms with Gasteiger partial charge in [-0.3, -0.25) is 0 Å². The fraction of sp³-hybridized carbons (Fsp3) is 0.0714. The molecule has 0 unspecified atom stereocenters. The maximum absolute atomic E-state index is 4.47.